The first kappa shape index (κ1) is 20.2. The van der Waals surface area contributed by atoms with Gasteiger partial charge in [-0.1, -0.05) is 41.6 Å². The van der Waals surface area contributed by atoms with Gasteiger partial charge in [0.25, 0.3) is 0 Å². The summed E-state index contributed by atoms with van der Waals surface area (Å²) >= 11 is 7.25. The Labute approximate surface area is 172 Å². The number of imide groups is 1. The molecule has 1 aliphatic rings. The Kier molecular flexibility index (Phi) is 6.59. The Morgan fingerprint density at radius 2 is 2.07 bits per heavy atom. The third kappa shape index (κ3) is 4.48. The second-order valence-corrected chi connectivity index (χ2v) is 7.59. The number of methoxy groups -OCH3 is 1. The van der Waals surface area contributed by atoms with E-state index in [9.17, 15) is 9.59 Å². The summed E-state index contributed by atoms with van der Waals surface area (Å²) in [5.41, 5.74) is 1.23. The van der Waals surface area contributed by atoms with Gasteiger partial charge in [-0.3, -0.25) is 14.6 Å². The summed E-state index contributed by atoms with van der Waals surface area (Å²) in [5, 5.41) is 3.69. The molecule has 3 rings (SSSR count). The van der Waals surface area contributed by atoms with Crippen LogP contribution in [-0.4, -0.2) is 35.9 Å². The molecule has 0 radical (unpaired) electrons. The number of hydrogen-bond donors (Lipinski definition) is 1. The summed E-state index contributed by atoms with van der Waals surface area (Å²) in [6.45, 7) is 2.45. The van der Waals surface area contributed by atoms with E-state index in [1.807, 2.05) is 31.2 Å². The lowest BCUT2D eigenvalue weighted by atomic mass is 10.3. The number of carbonyl (C=O) groups is 2. The van der Waals surface area contributed by atoms with Crippen LogP contribution in [0, 0.1) is 0 Å². The van der Waals surface area contributed by atoms with Crippen molar-refractivity contribution in [2.24, 2.45) is 4.99 Å². The smallest absolute Gasteiger partial charge is 0.247 e. The number of aliphatic imine (C=N–C) groups is 1. The number of nitrogens with zero attached hydrogens (tertiary/aromatic N) is 2. The zero-order valence-corrected chi connectivity index (χ0v) is 17.1. The minimum Gasteiger partial charge on any atom is -0.495 e. The summed E-state index contributed by atoms with van der Waals surface area (Å²) in [6.07, 6.45) is 0.104. The number of anilines is 2. The Balaban J connectivity index is 1.78. The van der Waals surface area contributed by atoms with Crippen molar-refractivity contribution in [3.05, 3.63) is 53.6 Å². The molecule has 1 atom stereocenters. The van der Waals surface area contributed by atoms with Gasteiger partial charge < -0.3 is 10.1 Å². The number of halogens is 1. The van der Waals surface area contributed by atoms with Crippen LogP contribution in [0.15, 0.2) is 53.5 Å². The highest BCUT2D eigenvalue weighted by atomic mass is 35.5. The highest BCUT2D eigenvalue weighted by molar-refractivity contribution is 8.15. The Bertz CT molecular complexity index is 919. The summed E-state index contributed by atoms with van der Waals surface area (Å²) in [6, 6.07) is 14.2. The van der Waals surface area contributed by atoms with Gasteiger partial charge in [-0.25, -0.2) is 4.90 Å². The zero-order valence-electron chi connectivity index (χ0n) is 15.5. The predicted octanol–water partition coefficient (Wildman–Crippen LogP) is 4.20. The number of para-hydroxylation sites is 2. The fourth-order valence-corrected chi connectivity index (χ4v) is 4.09. The first-order chi connectivity index (χ1) is 13.5. The Morgan fingerprint density at radius 1 is 1.29 bits per heavy atom. The molecule has 1 saturated heterocycles. The lowest BCUT2D eigenvalue weighted by Crippen LogP contribution is -2.31. The molecule has 6 nitrogen and oxygen atoms in total. The van der Waals surface area contributed by atoms with Crippen molar-refractivity contribution in [1.29, 1.82) is 0 Å². The lowest BCUT2D eigenvalue weighted by Gasteiger charge is -2.16. The van der Waals surface area contributed by atoms with E-state index in [2.05, 4.69) is 10.3 Å². The average Bonchev–Trinajstić information content (AvgIpc) is 2.95. The highest BCUT2D eigenvalue weighted by Gasteiger charge is 2.40. The predicted molar refractivity (Wildman–Crippen MR) is 115 cm³/mol. The molecule has 0 saturated carbocycles. The monoisotopic (exact) mass is 417 g/mol. The zero-order chi connectivity index (χ0) is 20.1. The van der Waals surface area contributed by atoms with Crippen molar-refractivity contribution in [2.45, 2.75) is 18.6 Å². The van der Waals surface area contributed by atoms with E-state index < -0.39 is 5.25 Å². The van der Waals surface area contributed by atoms with E-state index in [-0.39, 0.29) is 18.2 Å². The van der Waals surface area contributed by atoms with E-state index in [1.165, 1.54) is 16.7 Å². The van der Waals surface area contributed by atoms with Crippen molar-refractivity contribution in [3.8, 4) is 5.75 Å². The molecule has 0 bridgehead atoms. The van der Waals surface area contributed by atoms with Crippen LogP contribution in [0.2, 0.25) is 5.02 Å². The number of hydrogen-bond acceptors (Lipinski definition) is 5. The summed E-state index contributed by atoms with van der Waals surface area (Å²) in [5.74, 6) is 0.141. The minimum atomic E-state index is -0.556. The van der Waals surface area contributed by atoms with Crippen LogP contribution >= 0.6 is 23.4 Å². The van der Waals surface area contributed by atoms with Crippen molar-refractivity contribution >= 4 is 51.7 Å². The first-order valence-electron chi connectivity index (χ1n) is 8.77. The van der Waals surface area contributed by atoms with Crippen LogP contribution in [0.3, 0.4) is 0 Å². The van der Waals surface area contributed by atoms with Gasteiger partial charge in [0.05, 0.1) is 18.5 Å². The second-order valence-electron chi connectivity index (χ2n) is 5.96. The SMILES string of the molecule is CCN=C(Nc1ccccc1OC)S[C@@H]1CC(=O)N(c2cccc(Cl)c2)C1=O. The van der Waals surface area contributed by atoms with Gasteiger partial charge in [-0.2, -0.15) is 0 Å². The average molecular weight is 418 g/mol. The molecule has 0 aromatic heterocycles. The molecule has 1 N–H and O–H groups in total. The molecule has 1 fully saturated rings. The summed E-state index contributed by atoms with van der Waals surface area (Å²) in [7, 11) is 1.59. The lowest BCUT2D eigenvalue weighted by molar-refractivity contribution is -0.121. The van der Waals surface area contributed by atoms with Gasteiger partial charge in [0.15, 0.2) is 5.17 Å². The fourth-order valence-electron chi connectivity index (χ4n) is 2.83. The number of benzene rings is 2. The van der Waals surface area contributed by atoms with Crippen molar-refractivity contribution < 1.29 is 14.3 Å². The molecule has 2 aromatic rings. The van der Waals surface area contributed by atoms with Gasteiger partial charge in [-0.05, 0) is 37.3 Å². The minimum absolute atomic E-state index is 0.104. The number of carbonyl (C=O) groups excluding carboxylic acids is 2. The van der Waals surface area contributed by atoms with Crippen LogP contribution in [0.1, 0.15) is 13.3 Å². The maximum absolute atomic E-state index is 12.9. The molecule has 0 aliphatic carbocycles. The van der Waals surface area contributed by atoms with Crippen LogP contribution in [0.25, 0.3) is 0 Å². The van der Waals surface area contributed by atoms with E-state index in [0.29, 0.717) is 28.2 Å². The number of amidine groups is 1. The Hall–Kier alpha value is -2.51. The summed E-state index contributed by atoms with van der Waals surface area (Å²) < 4.78 is 5.35. The highest BCUT2D eigenvalue weighted by Crippen LogP contribution is 2.32. The topological polar surface area (TPSA) is 71.0 Å². The van der Waals surface area contributed by atoms with Gasteiger partial charge in [0, 0.05) is 18.0 Å². The largest absolute Gasteiger partial charge is 0.495 e. The third-order valence-corrected chi connectivity index (χ3v) is 5.42. The molecule has 0 unspecified atom stereocenters. The molecule has 1 aliphatic heterocycles. The molecule has 8 heteroatoms. The molecule has 146 valence electrons. The number of ether oxygens (including phenoxy) is 1. The van der Waals surface area contributed by atoms with Gasteiger partial charge >= 0.3 is 0 Å². The van der Waals surface area contributed by atoms with Gasteiger partial charge in [0.1, 0.15) is 11.0 Å². The number of rotatable bonds is 5. The van der Waals surface area contributed by atoms with Crippen LogP contribution < -0.4 is 15.0 Å². The summed E-state index contributed by atoms with van der Waals surface area (Å²) in [4.78, 5) is 31.0. The maximum atomic E-state index is 12.9. The molecular formula is C20H20ClN3O3S. The Morgan fingerprint density at radius 3 is 2.79 bits per heavy atom. The van der Waals surface area contributed by atoms with Crippen molar-refractivity contribution in [1.82, 2.24) is 0 Å². The quantitative estimate of drug-likeness (QED) is 0.448. The van der Waals surface area contributed by atoms with E-state index >= 15 is 0 Å². The normalized spacial score (nSPS) is 17.2. The number of thioether (sulfide) groups is 1. The molecule has 2 aromatic carbocycles. The maximum Gasteiger partial charge on any atom is 0.247 e. The first-order valence-corrected chi connectivity index (χ1v) is 10.0. The van der Waals surface area contributed by atoms with Crippen molar-refractivity contribution in [3.63, 3.8) is 0 Å². The molecular weight excluding hydrogens is 398 g/mol. The molecule has 0 spiro atoms. The van der Waals surface area contributed by atoms with E-state index in [4.69, 9.17) is 16.3 Å². The standard InChI is InChI=1S/C20H20ClN3O3S/c1-3-22-20(23-15-9-4-5-10-16(15)27-2)28-17-12-18(25)24(19(17)26)14-8-6-7-13(21)11-14/h4-11,17H,3,12H2,1-2H3,(H,22,23)/t17-/m1/s1. The molecule has 28 heavy (non-hydrogen) atoms. The fraction of sp³-hybridized carbons (Fsp3) is 0.250. The second kappa shape index (κ2) is 9.12. The van der Waals surface area contributed by atoms with Crippen LogP contribution in [0.5, 0.6) is 5.75 Å². The number of nitrogens with one attached hydrogen (secondary N) is 1. The number of amides is 2. The van der Waals surface area contributed by atoms with E-state index in [1.54, 1.807) is 31.4 Å². The van der Waals surface area contributed by atoms with Crippen LogP contribution in [0.4, 0.5) is 11.4 Å². The van der Waals surface area contributed by atoms with Crippen LogP contribution in [-0.2, 0) is 9.59 Å². The van der Waals surface area contributed by atoms with Gasteiger partial charge in [-0.15, -0.1) is 0 Å². The third-order valence-electron chi connectivity index (χ3n) is 4.08. The molecule has 1 heterocycles. The van der Waals surface area contributed by atoms with Gasteiger partial charge in [0.2, 0.25) is 11.8 Å². The van der Waals surface area contributed by atoms with E-state index in [0.717, 1.165) is 5.69 Å². The van der Waals surface area contributed by atoms with Crippen molar-refractivity contribution in [2.75, 3.05) is 23.9 Å². The molecule has 2 amide bonds.